The highest BCUT2D eigenvalue weighted by molar-refractivity contribution is 9.10. The van der Waals surface area contributed by atoms with Gasteiger partial charge in [0, 0.05) is 31.2 Å². The van der Waals surface area contributed by atoms with Gasteiger partial charge in [0.1, 0.15) is 36.6 Å². The number of rotatable bonds is 20. The molecule has 20 heteroatoms. The predicted octanol–water partition coefficient (Wildman–Crippen LogP) is 12.2. The Morgan fingerprint density at radius 1 is 0.427 bits per heavy atom. The van der Waals surface area contributed by atoms with Gasteiger partial charge in [-0.3, -0.25) is 0 Å². The molecule has 3 heterocycles. The predicted molar refractivity (Wildman–Crippen MR) is 299 cm³/mol. The summed E-state index contributed by atoms with van der Waals surface area (Å²) in [5, 5.41) is 0. The average molecular weight is 1110 g/mol. The minimum absolute atomic E-state index is 0. The van der Waals surface area contributed by atoms with Crippen LogP contribution in [-0.2, 0) is 60.1 Å². The zero-order valence-corrected chi connectivity index (χ0v) is 48.4. The van der Waals surface area contributed by atoms with Crippen molar-refractivity contribution in [2.45, 2.75) is 151 Å². The molecule has 3 saturated heterocycles. The zero-order chi connectivity index (χ0) is 54.7. The maximum atomic E-state index is 6.25. The molecule has 0 bridgehead atoms. The standard InChI is InChI=1S/C24H33BO7.C18H21BrO5.C12H24B2O4.CH4.H2/c1-8-28-16-29-15-17-13-18(30-19-10-12-21(26-6)22(14-19)27-7)9-11-20(17)25-31-23(2,3)24(4,5)32-25;1-4-22-12-23-11-13-9-14(5-7-16(13)19)24-15-6-8-17(20-2)18(10-15)21-3;1-9(2)10(3,4)16-13(15-9)14-17-11(5,6)12(7,8)18-14;;/h9-14H,8,15-16H2,1-7H3;5-10H,4,11-12H2,1-3H3;1-8H3;1H4;1H/i;;;;1+1. The fraction of sp³-hybridized carbons (Fsp3) is 0.564. The number of hydrogen-bond donors (Lipinski definition) is 0. The highest BCUT2D eigenvalue weighted by atomic mass is 79.9. The lowest BCUT2D eigenvalue weighted by Crippen LogP contribution is -2.41. The van der Waals surface area contributed by atoms with Crippen LogP contribution in [0.25, 0.3) is 0 Å². The minimum Gasteiger partial charge on any atom is -0.493 e. The van der Waals surface area contributed by atoms with E-state index in [1.165, 1.54) is 0 Å². The molecule has 4 aromatic carbocycles. The van der Waals surface area contributed by atoms with Crippen LogP contribution < -0.4 is 33.9 Å². The fourth-order valence-corrected chi connectivity index (χ4v) is 7.68. The third-order valence-corrected chi connectivity index (χ3v) is 14.6. The molecule has 0 N–H and O–H groups in total. The molecule has 7 rings (SSSR count). The van der Waals surface area contributed by atoms with E-state index in [9.17, 15) is 0 Å². The summed E-state index contributed by atoms with van der Waals surface area (Å²) in [6.07, 6.45) is 0. The zero-order valence-electron chi connectivity index (χ0n) is 46.8. The van der Waals surface area contributed by atoms with E-state index < -0.39 is 32.3 Å². The Hall–Kier alpha value is -4.05. The second-order valence-corrected chi connectivity index (χ2v) is 21.5. The van der Waals surface area contributed by atoms with Crippen LogP contribution in [0.3, 0.4) is 0 Å². The first-order chi connectivity index (χ1) is 34.8. The van der Waals surface area contributed by atoms with Gasteiger partial charge in [0.05, 0.1) is 75.3 Å². The average Bonchev–Trinajstić information content (AvgIpc) is 3.82. The fourth-order valence-electron chi connectivity index (χ4n) is 7.32. The van der Waals surface area contributed by atoms with Gasteiger partial charge in [-0.2, -0.15) is 0 Å². The van der Waals surface area contributed by atoms with Crippen LogP contribution in [0, 0.1) is 0 Å². The second-order valence-electron chi connectivity index (χ2n) is 20.6. The second kappa shape index (κ2) is 27.0. The van der Waals surface area contributed by atoms with Crippen molar-refractivity contribution in [3.63, 3.8) is 0 Å². The Labute approximate surface area is 458 Å². The molecule has 416 valence electrons. The molecule has 0 saturated carbocycles. The Balaban J connectivity index is 0.000000308. The molecule has 0 aromatic heterocycles. The van der Waals surface area contributed by atoms with Crippen LogP contribution in [0.2, 0.25) is 0 Å². The van der Waals surface area contributed by atoms with Crippen molar-refractivity contribution in [2.24, 2.45) is 0 Å². The largest absolute Gasteiger partial charge is 0.495 e. The summed E-state index contributed by atoms with van der Waals surface area (Å²) in [6.45, 7) is 30.7. The molecule has 3 fully saturated rings. The van der Waals surface area contributed by atoms with Crippen molar-refractivity contribution in [2.75, 3.05) is 55.2 Å². The van der Waals surface area contributed by atoms with Gasteiger partial charge in [0.25, 0.3) is 0 Å². The van der Waals surface area contributed by atoms with Gasteiger partial charge in [0.2, 0.25) is 0 Å². The highest BCUT2D eigenvalue weighted by Crippen LogP contribution is 2.44. The van der Waals surface area contributed by atoms with Gasteiger partial charge in [-0.05, 0) is 168 Å². The van der Waals surface area contributed by atoms with E-state index in [1.807, 2.05) is 145 Å². The molecule has 0 amide bonds. The first-order valence-corrected chi connectivity index (χ1v) is 25.6. The molecule has 0 atom stereocenters. The summed E-state index contributed by atoms with van der Waals surface area (Å²) in [5.41, 5.74) is 0.477. The van der Waals surface area contributed by atoms with E-state index in [-0.39, 0.29) is 44.8 Å². The maximum Gasteiger partial charge on any atom is 0.495 e. The van der Waals surface area contributed by atoms with E-state index in [0.717, 1.165) is 21.1 Å². The summed E-state index contributed by atoms with van der Waals surface area (Å²) in [5.74, 6) is 5.18. The molecule has 0 spiro atoms. The number of hydrogen-bond acceptors (Lipinski definition) is 16. The van der Waals surface area contributed by atoms with Crippen molar-refractivity contribution < 1.29 is 76.7 Å². The van der Waals surface area contributed by atoms with E-state index in [1.54, 1.807) is 52.7 Å². The van der Waals surface area contributed by atoms with Crippen LogP contribution in [0.5, 0.6) is 46.0 Å². The topological polar surface area (TPSA) is 148 Å². The molecule has 3 aliphatic rings. The monoisotopic (exact) mass is 1110 g/mol. The summed E-state index contributed by atoms with van der Waals surface area (Å²) < 4.78 is 92.1. The van der Waals surface area contributed by atoms with E-state index in [2.05, 4.69) is 15.9 Å². The smallest absolute Gasteiger partial charge is 0.493 e. The Bertz CT molecular complexity index is 2360. The van der Waals surface area contributed by atoms with Crippen molar-refractivity contribution in [3.8, 4) is 46.0 Å². The molecular weight excluding hydrogens is 1030 g/mol. The SMILES string of the molecule is C.CC1(C)OB(B2OC(C)(C)C(C)(C)O2)OC1(C)C.CCOCOCc1cc(Oc2ccc(OC)c(OC)c2)ccc1B1OC(C)(C)C(C)(C)O1.CCOCOCc1cc(Oc2ccc(OC)c(OC)c2)ccc1Br.[2HH]. The van der Waals surface area contributed by atoms with E-state index >= 15 is 0 Å². The molecule has 4 aromatic rings. The van der Waals surface area contributed by atoms with Crippen molar-refractivity contribution in [3.05, 3.63) is 88.4 Å². The van der Waals surface area contributed by atoms with Gasteiger partial charge < -0.3 is 75.3 Å². The van der Waals surface area contributed by atoms with E-state index in [0.29, 0.717) is 72.4 Å². The Morgan fingerprint density at radius 3 is 1.15 bits per heavy atom. The highest BCUT2D eigenvalue weighted by Gasteiger charge is 2.63. The summed E-state index contributed by atoms with van der Waals surface area (Å²) in [4.78, 5) is 0. The number of methoxy groups -OCH3 is 4. The number of halogens is 1. The number of benzene rings is 4. The van der Waals surface area contributed by atoms with Gasteiger partial charge in [-0.1, -0.05) is 29.4 Å². The van der Waals surface area contributed by atoms with Gasteiger partial charge in [-0.25, -0.2) is 0 Å². The van der Waals surface area contributed by atoms with Crippen LogP contribution in [0.15, 0.2) is 77.3 Å². The molecule has 16 nitrogen and oxygen atoms in total. The normalized spacial score (nSPS) is 18.2. The van der Waals surface area contributed by atoms with Crippen molar-refractivity contribution in [1.29, 1.82) is 0 Å². The quantitative estimate of drug-likeness (QED) is 0.0469. The van der Waals surface area contributed by atoms with Crippen molar-refractivity contribution >= 4 is 42.5 Å². The Kier molecular flexibility index (Phi) is 22.9. The van der Waals surface area contributed by atoms with Gasteiger partial charge in [-0.15, -0.1) is 0 Å². The lowest BCUT2D eigenvalue weighted by Gasteiger charge is -2.32. The van der Waals surface area contributed by atoms with Crippen LogP contribution in [-0.4, -0.2) is 110 Å². The van der Waals surface area contributed by atoms with Gasteiger partial charge >= 0.3 is 21.1 Å². The molecule has 0 radical (unpaired) electrons. The van der Waals surface area contributed by atoms with Gasteiger partial charge in [0.15, 0.2) is 23.0 Å². The molecule has 3 aliphatic heterocycles. The molecular formula is C55H84B3BrO16. The molecule has 75 heavy (non-hydrogen) atoms. The van der Waals surface area contributed by atoms with E-state index in [4.69, 9.17) is 75.3 Å². The summed E-state index contributed by atoms with van der Waals surface area (Å²) >= 11 is 3.51. The first kappa shape index (κ1) is 63.5. The number of ether oxygens (including phenoxy) is 10. The van der Waals surface area contributed by atoms with Crippen LogP contribution in [0.1, 0.15) is 117 Å². The van der Waals surface area contributed by atoms with Crippen LogP contribution in [0.4, 0.5) is 0 Å². The first-order valence-electron chi connectivity index (χ1n) is 24.8. The maximum absolute atomic E-state index is 6.25. The molecule has 0 unspecified atom stereocenters. The third kappa shape index (κ3) is 16.3. The minimum atomic E-state index is -0.499. The third-order valence-electron chi connectivity index (χ3n) is 13.8. The lowest BCUT2D eigenvalue weighted by atomic mass is 9.49. The Morgan fingerprint density at radius 2 is 0.760 bits per heavy atom. The summed E-state index contributed by atoms with van der Waals surface area (Å²) in [7, 11) is 4.93. The van der Waals surface area contributed by atoms with Crippen molar-refractivity contribution in [1.82, 2.24) is 0 Å². The summed E-state index contributed by atoms with van der Waals surface area (Å²) in [6, 6.07) is 22.3. The lowest BCUT2D eigenvalue weighted by molar-refractivity contribution is -0.0573. The van der Waals surface area contributed by atoms with Crippen LogP contribution >= 0.6 is 15.9 Å². The molecule has 0 aliphatic carbocycles.